The third-order valence-corrected chi connectivity index (χ3v) is 5.76. The number of hydrogen-bond acceptors (Lipinski definition) is 5. The number of carbonyl (C=O) groups is 2. The molecule has 26 heavy (non-hydrogen) atoms. The Hall–Kier alpha value is -2.73. The number of carbonyl (C=O) groups excluding carboxylic acids is 2. The van der Waals surface area contributed by atoms with Gasteiger partial charge >= 0.3 is 0 Å². The highest BCUT2D eigenvalue weighted by Crippen LogP contribution is 2.52. The van der Waals surface area contributed by atoms with Gasteiger partial charge in [0.1, 0.15) is 11.8 Å². The Kier molecular flexibility index (Phi) is 3.21. The van der Waals surface area contributed by atoms with E-state index in [4.69, 9.17) is 16.0 Å². The summed E-state index contributed by atoms with van der Waals surface area (Å²) in [6.45, 7) is 0. The Morgan fingerprint density at radius 1 is 1.12 bits per heavy atom. The highest BCUT2D eigenvalue weighted by molar-refractivity contribution is 6.31. The van der Waals surface area contributed by atoms with E-state index in [9.17, 15) is 14.4 Å². The van der Waals surface area contributed by atoms with E-state index in [2.05, 4.69) is 5.10 Å². The van der Waals surface area contributed by atoms with Gasteiger partial charge < -0.3 is 4.42 Å². The van der Waals surface area contributed by atoms with Crippen LogP contribution in [0, 0.1) is 23.7 Å². The predicted octanol–water partition coefficient (Wildman–Crippen LogP) is 2.59. The van der Waals surface area contributed by atoms with Gasteiger partial charge in [-0.15, -0.1) is 0 Å². The normalized spacial score (nSPS) is 29.5. The minimum Gasteiger partial charge on any atom is -0.463 e. The Bertz CT molecular complexity index is 1060. The summed E-state index contributed by atoms with van der Waals surface area (Å²) in [4.78, 5) is 37.7. The first-order valence-corrected chi connectivity index (χ1v) is 8.73. The molecule has 1 saturated carbocycles. The molecule has 1 aromatic heterocycles. The molecular weight excluding hydrogens is 356 g/mol. The van der Waals surface area contributed by atoms with Gasteiger partial charge in [0, 0.05) is 5.02 Å². The van der Waals surface area contributed by atoms with Crippen molar-refractivity contribution in [2.45, 2.75) is 6.42 Å². The van der Waals surface area contributed by atoms with Crippen LogP contribution in [0.25, 0.3) is 11.0 Å². The molecule has 1 aliphatic heterocycles. The topological polar surface area (TPSA) is 80.0 Å². The SMILES string of the molecule is O=C1C2C3C=CC(C3)C2C(=O)N1N=Cc1coc2ccc(Cl)cc2c1=O. The average Bonchev–Trinajstić information content (AvgIpc) is 3.30. The number of nitrogens with zero attached hydrogens (tertiary/aromatic N) is 2. The van der Waals surface area contributed by atoms with Crippen molar-refractivity contribution in [3.63, 3.8) is 0 Å². The number of hydrogen-bond donors (Lipinski definition) is 0. The van der Waals surface area contributed by atoms with Gasteiger partial charge in [-0.25, -0.2) is 0 Å². The molecule has 2 bridgehead atoms. The zero-order chi connectivity index (χ0) is 18.0. The highest BCUT2D eigenvalue weighted by atomic mass is 35.5. The highest BCUT2D eigenvalue weighted by Gasteiger charge is 2.59. The molecular formula is C19H13ClN2O4. The van der Waals surface area contributed by atoms with Crippen LogP contribution in [0.15, 0.2) is 50.9 Å². The van der Waals surface area contributed by atoms with Crippen molar-refractivity contribution in [3.8, 4) is 0 Å². The first-order valence-electron chi connectivity index (χ1n) is 8.36. The van der Waals surface area contributed by atoms with Crippen LogP contribution in [0.3, 0.4) is 0 Å². The van der Waals surface area contributed by atoms with Gasteiger partial charge in [0.25, 0.3) is 11.8 Å². The zero-order valence-corrected chi connectivity index (χ0v) is 14.2. The standard InChI is InChI=1S/C19H13ClN2O4/c20-12-3-4-14-13(6-12)17(23)11(8-26-14)7-21-22-18(24)15-9-1-2-10(5-9)16(15)19(22)25/h1-4,6-10,15-16H,5H2. The first kappa shape index (κ1) is 15.5. The van der Waals surface area contributed by atoms with Crippen molar-refractivity contribution >= 4 is 40.6 Å². The van der Waals surface area contributed by atoms with E-state index in [1.54, 1.807) is 12.1 Å². The van der Waals surface area contributed by atoms with Crippen LogP contribution in [0.2, 0.25) is 5.02 Å². The van der Waals surface area contributed by atoms with Crippen molar-refractivity contribution in [2.75, 3.05) is 0 Å². The van der Waals surface area contributed by atoms with Gasteiger partial charge in [0.2, 0.25) is 5.43 Å². The summed E-state index contributed by atoms with van der Waals surface area (Å²) in [5.74, 6) is -0.977. The quantitative estimate of drug-likeness (QED) is 0.463. The van der Waals surface area contributed by atoms with Gasteiger partial charge in [-0.3, -0.25) is 14.4 Å². The maximum absolute atomic E-state index is 12.6. The van der Waals surface area contributed by atoms with Gasteiger partial charge in [0.05, 0.1) is 29.0 Å². The molecule has 1 saturated heterocycles. The van der Waals surface area contributed by atoms with Crippen LogP contribution in [0.4, 0.5) is 0 Å². The molecule has 2 heterocycles. The first-order chi connectivity index (χ1) is 12.5. The minimum atomic E-state index is -0.321. The molecule has 4 unspecified atom stereocenters. The van der Waals surface area contributed by atoms with Crippen LogP contribution in [0.5, 0.6) is 0 Å². The van der Waals surface area contributed by atoms with E-state index < -0.39 is 0 Å². The van der Waals surface area contributed by atoms with Crippen molar-refractivity contribution < 1.29 is 14.0 Å². The molecule has 2 aliphatic carbocycles. The number of hydrazone groups is 1. The molecule has 2 amide bonds. The van der Waals surface area contributed by atoms with E-state index in [-0.39, 0.29) is 46.5 Å². The van der Waals surface area contributed by atoms with Gasteiger partial charge in [0.15, 0.2) is 0 Å². The Labute approximate surface area is 152 Å². The Morgan fingerprint density at radius 3 is 2.50 bits per heavy atom. The molecule has 5 rings (SSSR count). The van der Waals surface area contributed by atoms with E-state index in [1.165, 1.54) is 18.5 Å². The maximum Gasteiger partial charge on any atom is 0.254 e. The maximum atomic E-state index is 12.6. The number of fused-ring (bicyclic) bond motifs is 6. The number of amides is 2. The summed E-state index contributed by atoms with van der Waals surface area (Å²) in [6, 6.07) is 4.75. The predicted molar refractivity (Wildman–Crippen MR) is 94.7 cm³/mol. The lowest BCUT2D eigenvalue weighted by atomic mass is 9.85. The average molecular weight is 369 g/mol. The monoisotopic (exact) mass is 368 g/mol. The summed E-state index contributed by atoms with van der Waals surface area (Å²) in [7, 11) is 0. The van der Waals surface area contributed by atoms with Crippen molar-refractivity contribution in [3.05, 3.63) is 57.4 Å². The lowest BCUT2D eigenvalue weighted by Gasteiger charge is -2.13. The van der Waals surface area contributed by atoms with E-state index in [1.807, 2.05) is 12.2 Å². The molecule has 4 atom stereocenters. The number of halogens is 1. The molecule has 6 nitrogen and oxygen atoms in total. The zero-order valence-electron chi connectivity index (χ0n) is 13.5. The van der Waals surface area contributed by atoms with Crippen molar-refractivity contribution in [1.29, 1.82) is 0 Å². The fourth-order valence-corrected chi connectivity index (χ4v) is 4.50. The van der Waals surface area contributed by atoms with Gasteiger partial charge in [-0.05, 0) is 36.5 Å². The lowest BCUT2D eigenvalue weighted by Crippen LogP contribution is -2.28. The van der Waals surface area contributed by atoms with Crippen molar-refractivity contribution in [2.24, 2.45) is 28.8 Å². The fraction of sp³-hybridized carbons (Fsp3) is 0.263. The Balaban J connectivity index is 1.49. The third kappa shape index (κ3) is 2.05. The molecule has 3 aliphatic rings. The van der Waals surface area contributed by atoms with Crippen LogP contribution in [-0.2, 0) is 9.59 Å². The van der Waals surface area contributed by atoms with Crippen LogP contribution < -0.4 is 5.43 Å². The second-order valence-electron chi connectivity index (χ2n) is 6.89. The van der Waals surface area contributed by atoms with Crippen molar-refractivity contribution in [1.82, 2.24) is 5.01 Å². The summed E-state index contributed by atoms with van der Waals surface area (Å²) >= 11 is 5.93. The molecule has 1 aromatic carbocycles. The molecule has 0 radical (unpaired) electrons. The minimum absolute atomic E-state index is 0.120. The summed E-state index contributed by atoms with van der Waals surface area (Å²) < 4.78 is 5.42. The van der Waals surface area contributed by atoms with Crippen LogP contribution in [-0.4, -0.2) is 23.0 Å². The summed E-state index contributed by atoms with van der Waals surface area (Å²) in [5, 5.41) is 5.65. The van der Waals surface area contributed by atoms with E-state index >= 15 is 0 Å². The third-order valence-electron chi connectivity index (χ3n) is 5.52. The Morgan fingerprint density at radius 2 is 1.81 bits per heavy atom. The van der Waals surface area contributed by atoms with E-state index in [0.29, 0.717) is 16.0 Å². The largest absolute Gasteiger partial charge is 0.463 e. The molecule has 2 fully saturated rings. The van der Waals surface area contributed by atoms with E-state index in [0.717, 1.165) is 11.4 Å². The second-order valence-corrected chi connectivity index (χ2v) is 7.33. The van der Waals surface area contributed by atoms with Crippen LogP contribution in [0.1, 0.15) is 12.0 Å². The molecule has 7 heteroatoms. The summed E-state index contributed by atoms with van der Waals surface area (Å²) in [6.07, 6.45) is 7.37. The van der Waals surface area contributed by atoms with Gasteiger partial charge in [-0.2, -0.15) is 10.1 Å². The number of benzene rings is 1. The second kappa shape index (κ2) is 5.38. The summed E-state index contributed by atoms with van der Waals surface area (Å²) in [5.41, 5.74) is 0.235. The van der Waals surface area contributed by atoms with Gasteiger partial charge in [-0.1, -0.05) is 23.8 Å². The molecule has 2 aromatic rings. The molecule has 0 N–H and O–H groups in total. The molecule has 0 spiro atoms. The number of allylic oxidation sites excluding steroid dienone is 2. The number of imide groups is 1. The smallest absolute Gasteiger partial charge is 0.254 e. The van der Waals surface area contributed by atoms with Crippen LogP contribution >= 0.6 is 11.6 Å². The fourth-order valence-electron chi connectivity index (χ4n) is 4.33. The lowest BCUT2D eigenvalue weighted by molar-refractivity contribution is -0.140. The number of rotatable bonds is 2. The molecule has 130 valence electrons.